The molecule has 1 aromatic carbocycles. The Balaban J connectivity index is 2.63. The maximum atomic E-state index is 10.7. The molecule has 2 N–H and O–H groups in total. The van der Waals surface area contributed by atoms with Crippen LogP contribution in [-0.4, -0.2) is 11.5 Å². The summed E-state index contributed by atoms with van der Waals surface area (Å²) in [5.41, 5.74) is 7.31. The molecule has 0 aliphatic carbocycles. The van der Waals surface area contributed by atoms with Crippen LogP contribution < -0.4 is 10.5 Å². The molecule has 14 heavy (non-hydrogen) atoms. The third kappa shape index (κ3) is 1.22. The molecule has 1 aliphatic rings. The van der Waals surface area contributed by atoms with Crippen LogP contribution in [0.25, 0.3) is 0 Å². The molecule has 0 radical (unpaired) electrons. The number of hydrogen-bond donors (Lipinski definition) is 1. The van der Waals surface area contributed by atoms with Crippen molar-refractivity contribution in [2.24, 2.45) is 5.73 Å². The molecule has 0 amide bonds. The van der Waals surface area contributed by atoms with E-state index >= 15 is 0 Å². The Bertz CT molecular complexity index is 403. The van der Waals surface area contributed by atoms with Gasteiger partial charge in [0.05, 0.1) is 11.0 Å². The van der Waals surface area contributed by atoms with Crippen LogP contribution in [0.2, 0.25) is 0 Å². The van der Waals surface area contributed by atoms with Crippen molar-refractivity contribution in [2.75, 3.05) is 6.61 Å². The second-order valence-corrected chi connectivity index (χ2v) is 3.38. The molecule has 0 aromatic heterocycles. The summed E-state index contributed by atoms with van der Waals surface area (Å²) in [5, 5.41) is 10.7. The molecule has 1 heterocycles. The van der Waals surface area contributed by atoms with Crippen molar-refractivity contribution in [3.8, 4) is 5.75 Å². The topological polar surface area (TPSA) is 78.4 Å². The van der Waals surface area contributed by atoms with Gasteiger partial charge in [0.25, 0.3) is 0 Å². The Morgan fingerprint density at radius 3 is 3.00 bits per heavy atom. The van der Waals surface area contributed by atoms with Crippen molar-refractivity contribution in [1.82, 2.24) is 0 Å². The minimum Gasteiger partial charge on any atom is -0.485 e. The SMILES string of the molecule is Cc1cc2c(c([N+](=O)[O-])c1)OC[C@H]2N. The monoisotopic (exact) mass is 194 g/mol. The first-order valence-corrected chi connectivity index (χ1v) is 4.27. The van der Waals surface area contributed by atoms with Crippen LogP contribution in [0.3, 0.4) is 0 Å². The summed E-state index contributed by atoms with van der Waals surface area (Å²) in [6.07, 6.45) is 0. The fraction of sp³-hybridized carbons (Fsp3) is 0.333. The zero-order chi connectivity index (χ0) is 10.3. The van der Waals surface area contributed by atoms with Crippen LogP contribution in [0.4, 0.5) is 5.69 Å². The van der Waals surface area contributed by atoms with E-state index in [1.165, 1.54) is 6.07 Å². The molecule has 1 aromatic rings. The number of nitro groups is 1. The van der Waals surface area contributed by atoms with Gasteiger partial charge in [0.2, 0.25) is 5.75 Å². The first-order valence-electron chi connectivity index (χ1n) is 4.27. The van der Waals surface area contributed by atoms with Gasteiger partial charge in [0, 0.05) is 11.6 Å². The standard InChI is InChI=1S/C9H10N2O3/c1-5-2-6-7(10)4-14-9(6)8(3-5)11(12)13/h2-3,7H,4,10H2,1H3/t7-/m1/s1. The highest BCUT2D eigenvalue weighted by Gasteiger charge is 2.29. The number of hydrogen-bond acceptors (Lipinski definition) is 4. The molecular formula is C9H10N2O3. The Kier molecular flexibility index (Phi) is 1.89. The van der Waals surface area contributed by atoms with Crippen molar-refractivity contribution < 1.29 is 9.66 Å². The largest absolute Gasteiger partial charge is 0.485 e. The van der Waals surface area contributed by atoms with Crippen LogP contribution in [0.1, 0.15) is 17.2 Å². The van der Waals surface area contributed by atoms with Crippen molar-refractivity contribution >= 4 is 5.69 Å². The predicted octanol–water partition coefficient (Wildman–Crippen LogP) is 1.30. The van der Waals surface area contributed by atoms with E-state index in [1.54, 1.807) is 6.92 Å². The molecule has 5 heteroatoms. The second kappa shape index (κ2) is 2.95. The van der Waals surface area contributed by atoms with E-state index in [-0.39, 0.29) is 11.7 Å². The highest BCUT2D eigenvalue weighted by Crippen LogP contribution is 2.39. The lowest BCUT2D eigenvalue weighted by Gasteiger charge is -2.02. The summed E-state index contributed by atoms with van der Waals surface area (Å²) in [7, 11) is 0. The van der Waals surface area contributed by atoms with E-state index in [0.29, 0.717) is 12.4 Å². The molecule has 2 rings (SSSR count). The lowest BCUT2D eigenvalue weighted by molar-refractivity contribution is -0.385. The molecule has 0 saturated heterocycles. The average molecular weight is 194 g/mol. The summed E-state index contributed by atoms with van der Waals surface area (Å²) < 4.78 is 5.19. The van der Waals surface area contributed by atoms with Crippen LogP contribution in [0.5, 0.6) is 5.75 Å². The Hall–Kier alpha value is -1.62. The van der Waals surface area contributed by atoms with Crippen molar-refractivity contribution in [3.05, 3.63) is 33.4 Å². The second-order valence-electron chi connectivity index (χ2n) is 3.38. The summed E-state index contributed by atoms with van der Waals surface area (Å²) >= 11 is 0. The quantitative estimate of drug-likeness (QED) is 0.539. The normalized spacial score (nSPS) is 18.9. The van der Waals surface area contributed by atoms with Crippen LogP contribution in [0.15, 0.2) is 12.1 Å². The van der Waals surface area contributed by atoms with Gasteiger partial charge in [0.15, 0.2) is 0 Å². The molecule has 74 valence electrons. The third-order valence-corrected chi connectivity index (χ3v) is 2.25. The van der Waals surface area contributed by atoms with Gasteiger partial charge in [-0.2, -0.15) is 0 Å². The summed E-state index contributed by atoms with van der Waals surface area (Å²) in [5.74, 6) is 0.327. The van der Waals surface area contributed by atoms with E-state index < -0.39 is 4.92 Å². The molecule has 1 atom stereocenters. The molecule has 0 saturated carbocycles. The highest BCUT2D eigenvalue weighted by molar-refractivity contribution is 5.56. The van der Waals surface area contributed by atoms with E-state index in [2.05, 4.69) is 0 Å². The highest BCUT2D eigenvalue weighted by atomic mass is 16.6. The van der Waals surface area contributed by atoms with E-state index in [1.807, 2.05) is 6.07 Å². The van der Waals surface area contributed by atoms with E-state index in [9.17, 15) is 10.1 Å². The number of nitro benzene ring substituents is 1. The molecule has 1 aliphatic heterocycles. The van der Waals surface area contributed by atoms with Gasteiger partial charge >= 0.3 is 5.69 Å². The van der Waals surface area contributed by atoms with Crippen LogP contribution >= 0.6 is 0 Å². The minimum absolute atomic E-state index is 0.00736. The summed E-state index contributed by atoms with van der Waals surface area (Å²) in [4.78, 5) is 10.3. The van der Waals surface area contributed by atoms with Gasteiger partial charge in [-0.1, -0.05) is 6.07 Å². The van der Waals surface area contributed by atoms with E-state index in [0.717, 1.165) is 11.1 Å². The zero-order valence-electron chi connectivity index (χ0n) is 7.69. The van der Waals surface area contributed by atoms with E-state index in [4.69, 9.17) is 10.5 Å². The van der Waals surface area contributed by atoms with Gasteiger partial charge in [-0.25, -0.2) is 0 Å². The third-order valence-electron chi connectivity index (χ3n) is 2.25. The van der Waals surface area contributed by atoms with Crippen molar-refractivity contribution in [1.29, 1.82) is 0 Å². The number of nitrogens with two attached hydrogens (primary N) is 1. The number of benzene rings is 1. The molecule has 0 fully saturated rings. The smallest absolute Gasteiger partial charge is 0.311 e. The molecular weight excluding hydrogens is 184 g/mol. The zero-order valence-corrected chi connectivity index (χ0v) is 7.69. The number of rotatable bonds is 1. The summed E-state index contributed by atoms with van der Waals surface area (Å²) in [6, 6.07) is 3.08. The number of nitrogens with zero attached hydrogens (tertiary/aromatic N) is 1. The number of fused-ring (bicyclic) bond motifs is 1. The Labute approximate surface area is 80.6 Å². The van der Waals surface area contributed by atoms with Gasteiger partial charge in [-0.3, -0.25) is 10.1 Å². The fourth-order valence-electron chi connectivity index (χ4n) is 1.61. The molecule has 5 nitrogen and oxygen atoms in total. The molecule has 0 unspecified atom stereocenters. The lowest BCUT2D eigenvalue weighted by atomic mass is 10.1. The van der Waals surface area contributed by atoms with Gasteiger partial charge in [-0.05, 0) is 12.5 Å². The first kappa shape index (κ1) is 8.96. The van der Waals surface area contributed by atoms with Gasteiger partial charge in [0.1, 0.15) is 6.61 Å². The van der Waals surface area contributed by atoms with Crippen LogP contribution in [0, 0.1) is 17.0 Å². The lowest BCUT2D eigenvalue weighted by Crippen LogP contribution is -2.10. The predicted molar refractivity (Wildman–Crippen MR) is 50.3 cm³/mol. The van der Waals surface area contributed by atoms with Gasteiger partial charge in [-0.15, -0.1) is 0 Å². The number of ether oxygens (including phenoxy) is 1. The van der Waals surface area contributed by atoms with Crippen molar-refractivity contribution in [3.63, 3.8) is 0 Å². The first-order chi connectivity index (χ1) is 6.59. The minimum atomic E-state index is -0.441. The Morgan fingerprint density at radius 2 is 2.36 bits per heavy atom. The molecule has 0 spiro atoms. The average Bonchev–Trinajstić information content (AvgIpc) is 2.47. The Morgan fingerprint density at radius 1 is 1.64 bits per heavy atom. The van der Waals surface area contributed by atoms with Crippen LogP contribution in [-0.2, 0) is 0 Å². The van der Waals surface area contributed by atoms with Crippen molar-refractivity contribution in [2.45, 2.75) is 13.0 Å². The van der Waals surface area contributed by atoms with Gasteiger partial charge < -0.3 is 10.5 Å². The summed E-state index contributed by atoms with van der Waals surface area (Å²) in [6.45, 7) is 2.12. The fourth-order valence-corrected chi connectivity index (χ4v) is 1.61. The number of aryl methyl sites for hydroxylation is 1. The molecule has 0 bridgehead atoms. The maximum Gasteiger partial charge on any atom is 0.311 e. The maximum absolute atomic E-state index is 10.7.